The second-order valence-electron chi connectivity index (χ2n) is 4.58. The topological polar surface area (TPSA) is 71.1 Å². The van der Waals surface area contributed by atoms with Crippen LogP contribution in [0.15, 0.2) is 30.6 Å². The van der Waals surface area contributed by atoms with Gasteiger partial charge in [0, 0.05) is 12.1 Å². The summed E-state index contributed by atoms with van der Waals surface area (Å²) >= 11 is 0. The SMILES string of the molecule is CCCn1cc(Oc2cc(C#N)ccc2C(C)O)cn1. The summed E-state index contributed by atoms with van der Waals surface area (Å²) in [5.74, 6) is 1.07. The second kappa shape index (κ2) is 6.22. The van der Waals surface area contributed by atoms with E-state index in [9.17, 15) is 5.11 Å². The van der Waals surface area contributed by atoms with Crippen molar-refractivity contribution in [1.82, 2.24) is 9.78 Å². The third-order valence-corrected chi connectivity index (χ3v) is 2.88. The number of ether oxygens (including phenoxy) is 1. The minimum atomic E-state index is -0.663. The number of rotatable bonds is 5. The maximum Gasteiger partial charge on any atom is 0.165 e. The van der Waals surface area contributed by atoms with E-state index >= 15 is 0 Å². The van der Waals surface area contributed by atoms with Gasteiger partial charge in [-0.1, -0.05) is 13.0 Å². The molecule has 0 saturated heterocycles. The van der Waals surface area contributed by atoms with Gasteiger partial charge in [0.1, 0.15) is 5.75 Å². The molecule has 0 fully saturated rings. The Morgan fingerprint density at radius 1 is 1.50 bits per heavy atom. The lowest BCUT2D eigenvalue weighted by Gasteiger charge is -2.12. The van der Waals surface area contributed by atoms with Crippen LogP contribution < -0.4 is 4.74 Å². The first kappa shape index (κ1) is 14.1. The van der Waals surface area contributed by atoms with Gasteiger partial charge in [0.05, 0.1) is 30.1 Å². The number of hydrogen-bond acceptors (Lipinski definition) is 4. The molecule has 1 heterocycles. The van der Waals surface area contributed by atoms with Crippen molar-refractivity contribution in [3.05, 3.63) is 41.7 Å². The molecule has 5 nitrogen and oxygen atoms in total. The van der Waals surface area contributed by atoms with Crippen LogP contribution in [0.25, 0.3) is 0 Å². The molecule has 2 aromatic rings. The maximum atomic E-state index is 9.75. The minimum Gasteiger partial charge on any atom is -0.454 e. The van der Waals surface area contributed by atoms with Gasteiger partial charge in [-0.2, -0.15) is 10.4 Å². The Labute approximate surface area is 118 Å². The summed E-state index contributed by atoms with van der Waals surface area (Å²) in [5.41, 5.74) is 1.14. The molecular weight excluding hydrogens is 254 g/mol. The van der Waals surface area contributed by atoms with E-state index in [2.05, 4.69) is 18.1 Å². The van der Waals surface area contributed by atoms with Gasteiger partial charge in [0.25, 0.3) is 0 Å². The first-order chi connectivity index (χ1) is 9.63. The van der Waals surface area contributed by atoms with Crippen molar-refractivity contribution < 1.29 is 9.84 Å². The van der Waals surface area contributed by atoms with Crippen molar-refractivity contribution in [3.63, 3.8) is 0 Å². The summed E-state index contributed by atoms with van der Waals surface area (Å²) in [6.45, 7) is 4.56. The fourth-order valence-corrected chi connectivity index (χ4v) is 1.91. The van der Waals surface area contributed by atoms with Crippen LogP contribution in [0.4, 0.5) is 0 Å². The van der Waals surface area contributed by atoms with E-state index in [0.29, 0.717) is 22.6 Å². The lowest BCUT2D eigenvalue weighted by atomic mass is 10.1. The summed E-state index contributed by atoms with van der Waals surface area (Å²) < 4.78 is 7.54. The molecule has 0 spiro atoms. The molecule has 20 heavy (non-hydrogen) atoms. The number of hydrogen-bond donors (Lipinski definition) is 1. The highest BCUT2D eigenvalue weighted by Crippen LogP contribution is 2.30. The van der Waals surface area contributed by atoms with Crippen molar-refractivity contribution in [1.29, 1.82) is 5.26 Å². The molecule has 5 heteroatoms. The predicted octanol–water partition coefficient (Wildman–Crippen LogP) is 3.01. The monoisotopic (exact) mass is 271 g/mol. The highest BCUT2D eigenvalue weighted by molar-refractivity contribution is 5.45. The fourth-order valence-electron chi connectivity index (χ4n) is 1.91. The molecule has 104 valence electrons. The summed E-state index contributed by atoms with van der Waals surface area (Å²) in [5, 5.41) is 22.9. The van der Waals surface area contributed by atoms with Gasteiger partial charge >= 0.3 is 0 Å². The van der Waals surface area contributed by atoms with Crippen molar-refractivity contribution in [2.24, 2.45) is 0 Å². The minimum absolute atomic E-state index is 0.482. The molecule has 1 atom stereocenters. The summed E-state index contributed by atoms with van der Waals surface area (Å²) in [6.07, 6.45) is 3.75. The normalized spacial score (nSPS) is 11.9. The lowest BCUT2D eigenvalue weighted by molar-refractivity contribution is 0.195. The van der Waals surface area contributed by atoms with Crippen LogP contribution in [0.3, 0.4) is 0 Å². The Morgan fingerprint density at radius 2 is 2.30 bits per heavy atom. The van der Waals surface area contributed by atoms with Gasteiger partial charge < -0.3 is 9.84 Å². The van der Waals surface area contributed by atoms with Crippen LogP contribution >= 0.6 is 0 Å². The first-order valence-electron chi connectivity index (χ1n) is 6.56. The molecule has 1 aromatic heterocycles. The van der Waals surface area contributed by atoms with E-state index in [0.717, 1.165) is 13.0 Å². The van der Waals surface area contributed by atoms with Crippen LogP contribution in [0.1, 0.15) is 37.5 Å². The van der Waals surface area contributed by atoms with Gasteiger partial charge in [-0.15, -0.1) is 0 Å². The number of aliphatic hydroxyl groups is 1. The van der Waals surface area contributed by atoms with Crippen molar-refractivity contribution in [2.45, 2.75) is 32.9 Å². The average Bonchev–Trinajstić information content (AvgIpc) is 2.86. The zero-order valence-corrected chi connectivity index (χ0v) is 11.6. The Kier molecular flexibility index (Phi) is 4.38. The van der Waals surface area contributed by atoms with Crippen LogP contribution in [0.2, 0.25) is 0 Å². The molecule has 1 unspecified atom stereocenters. The summed E-state index contributed by atoms with van der Waals surface area (Å²) in [7, 11) is 0. The highest BCUT2D eigenvalue weighted by atomic mass is 16.5. The van der Waals surface area contributed by atoms with E-state index in [1.54, 1.807) is 42.2 Å². The Balaban J connectivity index is 2.28. The van der Waals surface area contributed by atoms with Crippen molar-refractivity contribution in [2.75, 3.05) is 0 Å². The van der Waals surface area contributed by atoms with Crippen LogP contribution in [-0.2, 0) is 6.54 Å². The third-order valence-electron chi connectivity index (χ3n) is 2.88. The molecule has 1 aromatic carbocycles. The number of aromatic nitrogens is 2. The quantitative estimate of drug-likeness (QED) is 0.907. The molecule has 0 amide bonds. The number of nitriles is 1. The lowest BCUT2D eigenvalue weighted by Crippen LogP contribution is -1.97. The zero-order valence-electron chi connectivity index (χ0n) is 11.6. The van der Waals surface area contributed by atoms with Gasteiger partial charge in [0.2, 0.25) is 0 Å². The number of nitrogens with zero attached hydrogens (tertiary/aromatic N) is 3. The average molecular weight is 271 g/mol. The van der Waals surface area contributed by atoms with Gasteiger partial charge in [-0.25, -0.2) is 0 Å². The molecule has 1 N–H and O–H groups in total. The number of benzene rings is 1. The molecule has 0 aliphatic rings. The highest BCUT2D eigenvalue weighted by Gasteiger charge is 2.12. The predicted molar refractivity (Wildman–Crippen MR) is 74.4 cm³/mol. The smallest absolute Gasteiger partial charge is 0.165 e. The van der Waals surface area contributed by atoms with Gasteiger partial charge in [-0.3, -0.25) is 4.68 Å². The third kappa shape index (κ3) is 3.16. The Hall–Kier alpha value is -2.32. The maximum absolute atomic E-state index is 9.75. The Morgan fingerprint density at radius 3 is 2.95 bits per heavy atom. The first-order valence-corrected chi connectivity index (χ1v) is 6.56. The van der Waals surface area contributed by atoms with Crippen molar-refractivity contribution >= 4 is 0 Å². The van der Waals surface area contributed by atoms with E-state index < -0.39 is 6.10 Å². The molecule has 0 radical (unpaired) electrons. The van der Waals surface area contributed by atoms with Crippen LogP contribution in [-0.4, -0.2) is 14.9 Å². The standard InChI is InChI=1S/C15H17N3O2/c1-3-6-18-10-13(9-17-18)20-15-7-12(8-16)4-5-14(15)11(2)19/h4-5,7,9-11,19H,3,6H2,1-2H3. The number of aliphatic hydroxyl groups excluding tert-OH is 1. The van der Waals surface area contributed by atoms with Crippen LogP contribution in [0, 0.1) is 11.3 Å². The van der Waals surface area contributed by atoms with Gasteiger partial charge in [0.15, 0.2) is 5.75 Å². The zero-order chi connectivity index (χ0) is 14.5. The fraction of sp³-hybridized carbons (Fsp3) is 0.333. The second-order valence-corrected chi connectivity index (χ2v) is 4.58. The molecule has 0 aliphatic carbocycles. The molecular formula is C15H17N3O2. The largest absolute Gasteiger partial charge is 0.454 e. The van der Waals surface area contributed by atoms with E-state index in [-0.39, 0.29) is 0 Å². The molecule has 2 rings (SSSR count). The summed E-state index contributed by atoms with van der Waals surface area (Å²) in [4.78, 5) is 0. The van der Waals surface area contributed by atoms with Crippen LogP contribution in [0.5, 0.6) is 11.5 Å². The van der Waals surface area contributed by atoms with E-state index in [4.69, 9.17) is 10.00 Å². The van der Waals surface area contributed by atoms with Crippen molar-refractivity contribution in [3.8, 4) is 17.6 Å². The molecule has 0 aliphatic heterocycles. The Bertz CT molecular complexity index is 626. The van der Waals surface area contributed by atoms with E-state index in [1.165, 1.54) is 0 Å². The molecule has 0 saturated carbocycles. The molecule has 0 bridgehead atoms. The number of aryl methyl sites for hydroxylation is 1. The van der Waals surface area contributed by atoms with Gasteiger partial charge in [-0.05, 0) is 25.5 Å². The van der Waals surface area contributed by atoms with E-state index in [1.807, 2.05) is 0 Å². The summed E-state index contributed by atoms with van der Waals surface area (Å²) in [6, 6.07) is 7.05.